The largest absolute Gasteiger partial charge is 0.376 e. The summed E-state index contributed by atoms with van der Waals surface area (Å²) in [6, 6.07) is 8.21. The van der Waals surface area contributed by atoms with Gasteiger partial charge in [0.1, 0.15) is 0 Å². The Bertz CT molecular complexity index is 344. The van der Waals surface area contributed by atoms with Gasteiger partial charge in [-0.3, -0.25) is 0 Å². The van der Waals surface area contributed by atoms with Gasteiger partial charge in [-0.2, -0.15) is 0 Å². The van der Waals surface area contributed by atoms with Crippen LogP contribution in [0.15, 0.2) is 28.7 Å². The molecule has 0 saturated carbocycles. The van der Waals surface area contributed by atoms with E-state index < -0.39 is 0 Å². The lowest BCUT2D eigenvalue weighted by Gasteiger charge is -2.19. The molecule has 3 nitrogen and oxygen atoms in total. The number of hydrogen-bond donors (Lipinski definition) is 1. The number of benzene rings is 1. The molecule has 0 aromatic heterocycles. The van der Waals surface area contributed by atoms with Gasteiger partial charge in [-0.25, -0.2) is 0 Å². The van der Waals surface area contributed by atoms with Gasteiger partial charge < -0.3 is 14.8 Å². The molecule has 1 aromatic rings. The van der Waals surface area contributed by atoms with E-state index in [4.69, 9.17) is 9.47 Å². The van der Waals surface area contributed by atoms with Gasteiger partial charge in [0.05, 0.1) is 25.4 Å². The molecule has 1 rings (SSSR count). The van der Waals surface area contributed by atoms with Crippen molar-refractivity contribution in [2.45, 2.75) is 26.1 Å². The molecule has 18 heavy (non-hydrogen) atoms. The average Bonchev–Trinajstić information content (AvgIpc) is 2.33. The van der Waals surface area contributed by atoms with E-state index in [-0.39, 0.29) is 12.2 Å². The molecule has 1 N–H and O–H groups in total. The van der Waals surface area contributed by atoms with E-state index in [1.165, 1.54) is 5.56 Å². The molecule has 0 amide bonds. The van der Waals surface area contributed by atoms with Crippen LogP contribution in [0.1, 0.15) is 25.5 Å². The number of rotatable bonds is 8. The topological polar surface area (TPSA) is 30.5 Å². The lowest BCUT2D eigenvalue weighted by molar-refractivity contribution is -0.0125. The number of nitrogens with one attached hydrogen (secondary N) is 1. The SMILES string of the molecule is CNCC(OCCOC(C)C)c1cccc(Br)c1. The number of hydrogen-bond acceptors (Lipinski definition) is 3. The summed E-state index contributed by atoms with van der Waals surface area (Å²) in [4.78, 5) is 0. The maximum Gasteiger partial charge on any atom is 0.0950 e. The van der Waals surface area contributed by atoms with E-state index in [0.29, 0.717) is 13.2 Å². The van der Waals surface area contributed by atoms with Crippen LogP contribution in [0.2, 0.25) is 0 Å². The van der Waals surface area contributed by atoms with Gasteiger partial charge in [-0.15, -0.1) is 0 Å². The monoisotopic (exact) mass is 315 g/mol. The summed E-state index contributed by atoms with van der Waals surface area (Å²) in [5, 5.41) is 3.15. The van der Waals surface area contributed by atoms with E-state index in [9.17, 15) is 0 Å². The highest BCUT2D eigenvalue weighted by molar-refractivity contribution is 9.10. The van der Waals surface area contributed by atoms with Crippen molar-refractivity contribution in [3.8, 4) is 0 Å². The second-order valence-corrected chi connectivity index (χ2v) is 5.31. The molecule has 0 saturated heterocycles. The van der Waals surface area contributed by atoms with Crippen LogP contribution in [-0.2, 0) is 9.47 Å². The van der Waals surface area contributed by atoms with Gasteiger partial charge in [-0.05, 0) is 38.6 Å². The molecule has 4 heteroatoms. The zero-order valence-electron chi connectivity index (χ0n) is 11.3. The van der Waals surface area contributed by atoms with Crippen LogP contribution >= 0.6 is 15.9 Å². The van der Waals surface area contributed by atoms with Crippen molar-refractivity contribution >= 4 is 15.9 Å². The number of ether oxygens (including phenoxy) is 2. The molecule has 0 radical (unpaired) electrons. The Kier molecular flexibility index (Phi) is 7.51. The standard InChI is InChI=1S/C14H22BrNO2/c1-11(2)17-7-8-18-14(10-16-3)12-5-4-6-13(15)9-12/h4-6,9,11,14,16H,7-8,10H2,1-3H3. The summed E-state index contributed by atoms with van der Waals surface area (Å²) < 4.78 is 12.4. The van der Waals surface area contributed by atoms with Gasteiger partial charge in [0.25, 0.3) is 0 Å². The Balaban J connectivity index is 2.49. The molecule has 0 spiro atoms. The Hall–Kier alpha value is -0.420. The smallest absolute Gasteiger partial charge is 0.0950 e. The minimum Gasteiger partial charge on any atom is -0.376 e. The minimum absolute atomic E-state index is 0.0586. The summed E-state index contributed by atoms with van der Waals surface area (Å²) in [6.07, 6.45) is 0.311. The molecule has 1 aromatic carbocycles. The molecule has 0 fully saturated rings. The van der Waals surface area contributed by atoms with Crippen molar-refractivity contribution in [2.75, 3.05) is 26.8 Å². The molecule has 0 bridgehead atoms. The molecule has 0 aliphatic carbocycles. The first-order valence-corrected chi connectivity index (χ1v) is 7.06. The Labute approximate surface area is 118 Å². The fourth-order valence-corrected chi connectivity index (χ4v) is 2.06. The first-order valence-electron chi connectivity index (χ1n) is 6.26. The summed E-state index contributed by atoms with van der Waals surface area (Å²) >= 11 is 3.48. The summed E-state index contributed by atoms with van der Waals surface area (Å²) in [5.74, 6) is 0. The van der Waals surface area contributed by atoms with Gasteiger partial charge >= 0.3 is 0 Å². The normalized spacial score (nSPS) is 12.9. The second-order valence-electron chi connectivity index (χ2n) is 4.39. The predicted octanol–water partition coefficient (Wildman–Crippen LogP) is 3.15. The number of halogens is 1. The van der Waals surface area contributed by atoms with Crippen LogP contribution in [-0.4, -0.2) is 32.9 Å². The third-order valence-electron chi connectivity index (χ3n) is 2.46. The molecule has 102 valence electrons. The van der Waals surface area contributed by atoms with Gasteiger partial charge in [0.15, 0.2) is 0 Å². The first kappa shape index (κ1) is 15.6. The number of likely N-dealkylation sites (N-methyl/N-ethyl adjacent to an activating group) is 1. The van der Waals surface area contributed by atoms with Crippen LogP contribution in [0.3, 0.4) is 0 Å². The highest BCUT2D eigenvalue weighted by Gasteiger charge is 2.11. The highest BCUT2D eigenvalue weighted by Crippen LogP contribution is 2.20. The molecule has 1 atom stereocenters. The van der Waals surface area contributed by atoms with E-state index in [1.54, 1.807) is 0 Å². The maximum atomic E-state index is 5.87. The Morgan fingerprint density at radius 1 is 1.22 bits per heavy atom. The van der Waals surface area contributed by atoms with E-state index in [0.717, 1.165) is 11.0 Å². The van der Waals surface area contributed by atoms with Crippen molar-refractivity contribution in [3.63, 3.8) is 0 Å². The van der Waals surface area contributed by atoms with Crippen LogP contribution < -0.4 is 5.32 Å². The molecule has 1 unspecified atom stereocenters. The van der Waals surface area contributed by atoms with Crippen molar-refractivity contribution in [3.05, 3.63) is 34.3 Å². The summed E-state index contributed by atoms with van der Waals surface area (Å²) in [5.41, 5.74) is 1.17. The zero-order valence-corrected chi connectivity index (χ0v) is 12.9. The van der Waals surface area contributed by atoms with Crippen molar-refractivity contribution < 1.29 is 9.47 Å². The van der Waals surface area contributed by atoms with Crippen molar-refractivity contribution in [1.29, 1.82) is 0 Å². The zero-order chi connectivity index (χ0) is 13.4. The highest BCUT2D eigenvalue weighted by atomic mass is 79.9. The predicted molar refractivity (Wildman–Crippen MR) is 77.8 cm³/mol. The molecule has 0 aliphatic heterocycles. The lowest BCUT2D eigenvalue weighted by atomic mass is 10.1. The average molecular weight is 316 g/mol. The van der Waals surface area contributed by atoms with Gasteiger partial charge in [0.2, 0.25) is 0 Å². The first-order chi connectivity index (χ1) is 8.63. The van der Waals surface area contributed by atoms with Crippen molar-refractivity contribution in [1.82, 2.24) is 5.32 Å². The van der Waals surface area contributed by atoms with Gasteiger partial charge in [0, 0.05) is 11.0 Å². The van der Waals surface area contributed by atoms with Crippen LogP contribution in [0.4, 0.5) is 0 Å². The fraction of sp³-hybridized carbons (Fsp3) is 0.571. The minimum atomic E-state index is 0.0586. The van der Waals surface area contributed by atoms with E-state index in [2.05, 4.69) is 33.4 Å². The molecular formula is C14H22BrNO2. The molecule has 0 aliphatic rings. The van der Waals surface area contributed by atoms with Crippen molar-refractivity contribution in [2.24, 2.45) is 0 Å². The quantitative estimate of drug-likeness (QED) is 0.747. The van der Waals surface area contributed by atoms with Crippen LogP contribution in [0.25, 0.3) is 0 Å². The third kappa shape index (κ3) is 5.96. The Morgan fingerprint density at radius 2 is 1.94 bits per heavy atom. The maximum absolute atomic E-state index is 5.87. The van der Waals surface area contributed by atoms with E-state index in [1.807, 2.05) is 33.0 Å². The van der Waals surface area contributed by atoms with Crippen LogP contribution in [0.5, 0.6) is 0 Å². The molecule has 0 heterocycles. The van der Waals surface area contributed by atoms with Gasteiger partial charge in [-0.1, -0.05) is 28.1 Å². The molecular weight excluding hydrogens is 294 g/mol. The lowest BCUT2D eigenvalue weighted by Crippen LogP contribution is -2.21. The van der Waals surface area contributed by atoms with E-state index >= 15 is 0 Å². The second kappa shape index (κ2) is 8.64. The third-order valence-corrected chi connectivity index (χ3v) is 2.96. The summed E-state index contributed by atoms with van der Waals surface area (Å²) in [7, 11) is 1.93. The summed E-state index contributed by atoms with van der Waals surface area (Å²) in [6.45, 7) is 6.08. The van der Waals surface area contributed by atoms with Crippen LogP contribution in [0, 0.1) is 0 Å². The fourth-order valence-electron chi connectivity index (χ4n) is 1.64. The Morgan fingerprint density at radius 3 is 2.56 bits per heavy atom.